The molecule has 9 nitrogen and oxygen atoms in total. The summed E-state index contributed by atoms with van der Waals surface area (Å²) in [6, 6.07) is 3.65. The number of halogens is 2. The standard InChI is InChI=1S/C25H26F2N4O5/c1-36-15-3-2-14(28-11-15)12-30-8-6-25(35,7-9-30)21-18(26)10-16-17(22(21)27)13-31(24(16)34)19-4-5-20(32)29-23(19)33/h2-3,10-11,19,35H,4-9,12-13H2,1H3,(H,29,32,33). The number of rotatable bonds is 5. The monoisotopic (exact) mass is 500 g/mol. The van der Waals surface area contributed by atoms with Gasteiger partial charge in [-0.05, 0) is 37.5 Å². The van der Waals surface area contributed by atoms with Crippen LogP contribution in [0, 0.1) is 11.6 Å². The molecule has 5 rings (SSSR count). The van der Waals surface area contributed by atoms with E-state index in [0.29, 0.717) is 25.4 Å². The Labute approximate surface area is 206 Å². The Bertz CT molecular complexity index is 1230. The minimum Gasteiger partial charge on any atom is -0.495 e. The first-order valence-corrected chi connectivity index (χ1v) is 11.8. The summed E-state index contributed by atoms with van der Waals surface area (Å²) in [4.78, 5) is 44.1. The number of aromatic nitrogens is 1. The number of carbonyl (C=O) groups is 3. The number of ether oxygens (including phenoxy) is 1. The van der Waals surface area contributed by atoms with Crippen LogP contribution in [0.1, 0.15) is 52.9 Å². The molecule has 3 amide bonds. The number of methoxy groups -OCH3 is 1. The average Bonchev–Trinajstić information content (AvgIpc) is 3.17. The molecule has 0 aliphatic carbocycles. The molecule has 11 heteroatoms. The number of nitrogens with zero attached hydrogens (tertiary/aromatic N) is 3. The van der Waals surface area contributed by atoms with Gasteiger partial charge in [0.05, 0.1) is 42.3 Å². The second-order valence-corrected chi connectivity index (χ2v) is 9.47. The molecular formula is C25H26F2N4O5. The van der Waals surface area contributed by atoms with Crippen LogP contribution in [0.25, 0.3) is 0 Å². The minimum absolute atomic E-state index is 0.0422. The van der Waals surface area contributed by atoms with Gasteiger partial charge in [-0.1, -0.05) is 0 Å². The first kappa shape index (κ1) is 24.3. The van der Waals surface area contributed by atoms with Crippen molar-refractivity contribution in [3.05, 3.63) is 58.4 Å². The van der Waals surface area contributed by atoms with E-state index in [1.54, 1.807) is 19.4 Å². The molecule has 36 heavy (non-hydrogen) atoms. The third-order valence-corrected chi connectivity index (χ3v) is 7.29. The normalized spacial score (nSPS) is 21.9. The van der Waals surface area contributed by atoms with Crippen LogP contribution in [-0.4, -0.2) is 63.9 Å². The van der Waals surface area contributed by atoms with E-state index < -0.39 is 46.6 Å². The summed E-state index contributed by atoms with van der Waals surface area (Å²) in [6.45, 7) is 1.07. The van der Waals surface area contributed by atoms with Crippen molar-refractivity contribution in [3.8, 4) is 5.75 Å². The van der Waals surface area contributed by atoms with Crippen molar-refractivity contribution in [3.63, 3.8) is 0 Å². The fraction of sp³-hybridized carbons (Fsp3) is 0.440. The summed E-state index contributed by atoms with van der Waals surface area (Å²) in [5, 5.41) is 13.5. The van der Waals surface area contributed by atoms with Crippen LogP contribution in [0.2, 0.25) is 0 Å². The molecule has 1 aromatic heterocycles. The molecule has 3 aliphatic heterocycles. The molecule has 0 saturated carbocycles. The lowest BCUT2D eigenvalue weighted by atomic mass is 9.82. The summed E-state index contributed by atoms with van der Waals surface area (Å²) in [5.41, 5.74) is -1.58. The van der Waals surface area contributed by atoms with Crippen molar-refractivity contribution >= 4 is 17.7 Å². The quantitative estimate of drug-likeness (QED) is 0.600. The zero-order valence-electron chi connectivity index (χ0n) is 19.7. The number of hydrogen-bond donors (Lipinski definition) is 2. The maximum absolute atomic E-state index is 15.7. The minimum atomic E-state index is -1.74. The van der Waals surface area contributed by atoms with Gasteiger partial charge in [0.2, 0.25) is 11.8 Å². The molecule has 4 heterocycles. The Hall–Kier alpha value is -3.44. The highest BCUT2D eigenvalue weighted by Crippen LogP contribution is 2.40. The van der Waals surface area contributed by atoms with Gasteiger partial charge in [0.15, 0.2) is 0 Å². The molecule has 1 atom stereocenters. The second kappa shape index (κ2) is 9.21. The molecule has 1 aromatic carbocycles. The topological polar surface area (TPSA) is 112 Å². The van der Waals surface area contributed by atoms with Crippen LogP contribution in [0.5, 0.6) is 5.75 Å². The number of pyridine rings is 1. The summed E-state index contributed by atoms with van der Waals surface area (Å²) < 4.78 is 36.0. The molecule has 190 valence electrons. The first-order valence-electron chi connectivity index (χ1n) is 11.8. The zero-order valence-corrected chi connectivity index (χ0v) is 19.7. The Kier molecular flexibility index (Phi) is 6.21. The fourth-order valence-electron chi connectivity index (χ4n) is 5.25. The maximum Gasteiger partial charge on any atom is 0.255 e. The molecule has 2 saturated heterocycles. The lowest BCUT2D eigenvalue weighted by Crippen LogP contribution is -2.52. The SMILES string of the molecule is COc1ccc(CN2CCC(O)(c3c(F)cc4c(c3F)CN(C3CCC(=O)NC3=O)C4=O)CC2)nc1. The molecule has 0 bridgehead atoms. The summed E-state index contributed by atoms with van der Waals surface area (Å²) >= 11 is 0. The number of aliphatic hydroxyl groups is 1. The number of carbonyl (C=O) groups excluding carboxylic acids is 3. The number of nitrogens with one attached hydrogen (secondary N) is 1. The number of fused-ring (bicyclic) bond motifs is 1. The van der Waals surface area contributed by atoms with E-state index in [4.69, 9.17) is 4.74 Å². The predicted octanol–water partition coefficient (Wildman–Crippen LogP) is 1.61. The maximum atomic E-state index is 15.7. The number of amides is 3. The van der Waals surface area contributed by atoms with E-state index in [0.717, 1.165) is 16.7 Å². The highest BCUT2D eigenvalue weighted by Gasteiger charge is 2.45. The van der Waals surface area contributed by atoms with Gasteiger partial charge in [0, 0.05) is 31.6 Å². The van der Waals surface area contributed by atoms with Crippen molar-refractivity contribution < 1.29 is 33.0 Å². The van der Waals surface area contributed by atoms with Crippen LogP contribution in [-0.2, 0) is 28.3 Å². The van der Waals surface area contributed by atoms with E-state index >= 15 is 8.78 Å². The molecular weight excluding hydrogens is 474 g/mol. The van der Waals surface area contributed by atoms with Gasteiger partial charge in [-0.15, -0.1) is 0 Å². The van der Waals surface area contributed by atoms with Crippen molar-refractivity contribution in [1.29, 1.82) is 0 Å². The van der Waals surface area contributed by atoms with Gasteiger partial charge >= 0.3 is 0 Å². The smallest absolute Gasteiger partial charge is 0.255 e. The molecule has 3 aliphatic rings. The summed E-state index contributed by atoms with van der Waals surface area (Å²) in [6.07, 6.45) is 1.98. The van der Waals surface area contributed by atoms with Crippen molar-refractivity contribution in [1.82, 2.24) is 20.1 Å². The van der Waals surface area contributed by atoms with Crippen LogP contribution >= 0.6 is 0 Å². The van der Waals surface area contributed by atoms with E-state index in [1.165, 1.54) is 0 Å². The highest BCUT2D eigenvalue weighted by molar-refractivity contribution is 6.05. The largest absolute Gasteiger partial charge is 0.495 e. The van der Waals surface area contributed by atoms with Crippen molar-refractivity contribution in [2.45, 2.75) is 50.4 Å². The van der Waals surface area contributed by atoms with Crippen molar-refractivity contribution in [2.24, 2.45) is 0 Å². The predicted molar refractivity (Wildman–Crippen MR) is 122 cm³/mol. The van der Waals surface area contributed by atoms with Gasteiger partial charge in [0.1, 0.15) is 23.4 Å². The Morgan fingerprint density at radius 3 is 2.61 bits per heavy atom. The number of likely N-dealkylation sites (tertiary alicyclic amines) is 1. The molecule has 1 unspecified atom stereocenters. The third-order valence-electron chi connectivity index (χ3n) is 7.29. The van der Waals surface area contributed by atoms with Crippen LogP contribution in [0.15, 0.2) is 24.4 Å². The number of piperidine rings is 2. The Balaban J connectivity index is 1.33. The lowest BCUT2D eigenvalue weighted by molar-refractivity contribution is -0.136. The van der Waals surface area contributed by atoms with E-state index in [9.17, 15) is 19.5 Å². The Morgan fingerprint density at radius 1 is 1.22 bits per heavy atom. The van der Waals surface area contributed by atoms with Gasteiger partial charge in [-0.25, -0.2) is 8.78 Å². The fourth-order valence-corrected chi connectivity index (χ4v) is 5.25. The van der Waals surface area contributed by atoms with E-state index in [-0.39, 0.29) is 43.4 Å². The molecule has 2 aromatic rings. The second-order valence-electron chi connectivity index (χ2n) is 9.47. The first-order chi connectivity index (χ1) is 17.2. The average molecular weight is 501 g/mol. The molecule has 2 fully saturated rings. The number of benzene rings is 1. The van der Waals surface area contributed by atoms with Crippen molar-refractivity contribution in [2.75, 3.05) is 20.2 Å². The van der Waals surface area contributed by atoms with Crippen LogP contribution < -0.4 is 10.1 Å². The lowest BCUT2D eigenvalue weighted by Gasteiger charge is -2.38. The van der Waals surface area contributed by atoms with Gasteiger partial charge in [-0.2, -0.15) is 0 Å². The molecule has 0 radical (unpaired) electrons. The van der Waals surface area contributed by atoms with Gasteiger partial charge < -0.3 is 14.7 Å². The molecule has 2 N–H and O–H groups in total. The van der Waals surface area contributed by atoms with E-state index in [2.05, 4.69) is 10.3 Å². The summed E-state index contributed by atoms with van der Waals surface area (Å²) in [7, 11) is 1.56. The zero-order chi connectivity index (χ0) is 25.6. The number of hydrogen-bond acceptors (Lipinski definition) is 7. The van der Waals surface area contributed by atoms with E-state index in [1.807, 2.05) is 11.0 Å². The van der Waals surface area contributed by atoms with Crippen LogP contribution in [0.4, 0.5) is 8.78 Å². The Morgan fingerprint density at radius 2 is 1.97 bits per heavy atom. The van der Waals surface area contributed by atoms with Gasteiger partial charge in [0.25, 0.3) is 5.91 Å². The third kappa shape index (κ3) is 4.22. The van der Waals surface area contributed by atoms with Gasteiger partial charge in [-0.3, -0.25) is 29.6 Å². The highest BCUT2D eigenvalue weighted by atomic mass is 19.1. The molecule has 0 spiro atoms. The number of imide groups is 1. The summed E-state index contributed by atoms with van der Waals surface area (Å²) in [5.74, 6) is -3.04. The van der Waals surface area contributed by atoms with Crippen LogP contribution in [0.3, 0.4) is 0 Å².